The van der Waals surface area contributed by atoms with Crippen LogP contribution in [0.5, 0.6) is 0 Å². The maximum atomic E-state index is 13.3. The molecule has 19 heavy (non-hydrogen) atoms. The molecule has 2 aromatic rings. The van der Waals surface area contributed by atoms with E-state index in [4.69, 9.17) is 0 Å². The zero-order chi connectivity index (χ0) is 14.0. The van der Waals surface area contributed by atoms with Gasteiger partial charge < -0.3 is 5.32 Å². The maximum absolute atomic E-state index is 13.3. The fourth-order valence-electron chi connectivity index (χ4n) is 1.66. The van der Waals surface area contributed by atoms with Gasteiger partial charge in [-0.15, -0.1) is 0 Å². The fraction of sp³-hybridized carbons (Fsp3) is 0.286. The molecule has 1 aromatic heterocycles. The second-order valence-electron chi connectivity index (χ2n) is 4.53. The second-order valence-corrected chi connectivity index (χ2v) is 4.53. The lowest BCUT2D eigenvalue weighted by Gasteiger charge is -2.10. The number of anilines is 1. The van der Waals surface area contributed by atoms with Crippen molar-refractivity contribution in [3.63, 3.8) is 0 Å². The molecule has 5 heteroatoms. The summed E-state index contributed by atoms with van der Waals surface area (Å²) in [5.74, 6) is -0.286. The first kappa shape index (κ1) is 13.4. The van der Waals surface area contributed by atoms with Crippen LogP contribution in [0.25, 0.3) is 11.3 Å². The van der Waals surface area contributed by atoms with Gasteiger partial charge in [0.25, 0.3) is 0 Å². The third-order valence-electron chi connectivity index (χ3n) is 2.73. The Morgan fingerprint density at radius 2 is 1.79 bits per heavy atom. The molecule has 2 rings (SSSR count). The molecule has 0 aliphatic rings. The first-order valence-electron chi connectivity index (χ1n) is 6.03. The van der Waals surface area contributed by atoms with Crippen LogP contribution in [0.2, 0.25) is 0 Å². The van der Waals surface area contributed by atoms with Crippen LogP contribution in [-0.2, 0) is 0 Å². The van der Waals surface area contributed by atoms with E-state index in [2.05, 4.69) is 15.3 Å². The SMILES string of the molecule is CNc1cc(-c2ccc(F)c(F)c2)nc(C(C)C)n1. The topological polar surface area (TPSA) is 37.8 Å². The van der Waals surface area contributed by atoms with Gasteiger partial charge in [-0.1, -0.05) is 13.8 Å². The quantitative estimate of drug-likeness (QED) is 0.919. The lowest BCUT2D eigenvalue weighted by molar-refractivity contribution is 0.509. The van der Waals surface area contributed by atoms with Gasteiger partial charge in [-0.2, -0.15) is 0 Å². The Kier molecular flexibility index (Phi) is 3.74. The summed E-state index contributed by atoms with van der Waals surface area (Å²) in [5.41, 5.74) is 1.10. The molecule has 0 bridgehead atoms. The van der Waals surface area contributed by atoms with E-state index in [1.807, 2.05) is 13.8 Å². The summed E-state index contributed by atoms with van der Waals surface area (Å²) in [7, 11) is 1.75. The average molecular weight is 263 g/mol. The summed E-state index contributed by atoms with van der Waals surface area (Å²) in [6, 6.07) is 5.45. The van der Waals surface area contributed by atoms with Crippen molar-refractivity contribution in [3.05, 3.63) is 41.7 Å². The summed E-state index contributed by atoms with van der Waals surface area (Å²) >= 11 is 0. The van der Waals surface area contributed by atoms with Crippen LogP contribution in [0.4, 0.5) is 14.6 Å². The van der Waals surface area contributed by atoms with Crippen LogP contribution < -0.4 is 5.32 Å². The van der Waals surface area contributed by atoms with Crippen LogP contribution in [-0.4, -0.2) is 17.0 Å². The summed E-state index contributed by atoms with van der Waals surface area (Å²) in [5, 5.41) is 2.94. The number of benzene rings is 1. The Morgan fingerprint density at radius 1 is 1.05 bits per heavy atom. The zero-order valence-corrected chi connectivity index (χ0v) is 11.0. The van der Waals surface area contributed by atoms with E-state index in [0.29, 0.717) is 22.9 Å². The Hall–Kier alpha value is -2.04. The minimum Gasteiger partial charge on any atom is -0.373 e. The van der Waals surface area contributed by atoms with Crippen LogP contribution >= 0.6 is 0 Å². The molecule has 0 radical (unpaired) electrons. The van der Waals surface area contributed by atoms with Crippen molar-refractivity contribution in [1.82, 2.24) is 9.97 Å². The second kappa shape index (κ2) is 5.30. The van der Waals surface area contributed by atoms with Crippen molar-refractivity contribution < 1.29 is 8.78 Å². The molecule has 0 amide bonds. The van der Waals surface area contributed by atoms with E-state index in [1.165, 1.54) is 6.07 Å². The van der Waals surface area contributed by atoms with Gasteiger partial charge in [0.05, 0.1) is 5.69 Å². The normalized spacial score (nSPS) is 10.8. The minimum atomic E-state index is -0.881. The van der Waals surface area contributed by atoms with Gasteiger partial charge in [-0.05, 0) is 18.2 Å². The van der Waals surface area contributed by atoms with Crippen LogP contribution in [0.1, 0.15) is 25.6 Å². The van der Waals surface area contributed by atoms with Gasteiger partial charge in [0, 0.05) is 24.6 Å². The van der Waals surface area contributed by atoms with Gasteiger partial charge in [-0.3, -0.25) is 0 Å². The highest BCUT2D eigenvalue weighted by Crippen LogP contribution is 2.23. The van der Waals surface area contributed by atoms with Crippen LogP contribution in [0.3, 0.4) is 0 Å². The summed E-state index contributed by atoms with van der Waals surface area (Å²) in [6.45, 7) is 3.95. The zero-order valence-electron chi connectivity index (χ0n) is 11.0. The number of hydrogen-bond donors (Lipinski definition) is 1. The Bertz CT molecular complexity index is 597. The fourth-order valence-corrected chi connectivity index (χ4v) is 1.66. The molecule has 1 N–H and O–H groups in total. The average Bonchev–Trinajstić information content (AvgIpc) is 2.41. The molecule has 1 heterocycles. The smallest absolute Gasteiger partial charge is 0.159 e. The van der Waals surface area contributed by atoms with E-state index in [-0.39, 0.29) is 5.92 Å². The number of nitrogens with zero attached hydrogens (tertiary/aromatic N) is 2. The highest BCUT2D eigenvalue weighted by molar-refractivity contribution is 5.62. The van der Waals surface area contributed by atoms with E-state index in [0.717, 1.165) is 12.1 Å². The van der Waals surface area contributed by atoms with Crippen molar-refractivity contribution in [1.29, 1.82) is 0 Å². The first-order chi connectivity index (χ1) is 9.01. The Labute approximate surface area is 110 Å². The summed E-state index contributed by atoms with van der Waals surface area (Å²) in [4.78, 5) is 8.71. The number of hydrogen-bond acceptors (Lipinski definition) is 3. The monoisotopic (exact) mass is 263 g/mol. The molecule has 100 valence electrons. The summed E-state index contributed by atoms with van der Waals surface area (Å²) in [6.07, 6.45) is 0. The third kappa shape index (κ3) is 2.86. The molecule has 3 nitrogen and oxygen atoms in total. The maximum Gasteiger partial charge on any atom is 0.159 e. The Balaban J connectivity index is 2.54. The summed E-state index contributed by atoms with van der Waals surface area (Å²) < 4.78 is 26.2. The predicted octanol–water partition coefficient (Wildman–Crippen LogP) is 3.59. The molecule has 0 saturated heterocycles. The van der Waals surface area contributed by atoms with Gasteiger partial charge in [-0.25, -0.2) is 18.7 Å². The molecule has 0 saturated carbocycles. The molecule has 0 fully saturated rings. The van der Waals surface area contributed by atoms with E-state index in [9.17, 15) is 8.78 Å². The Morgan fingerprint density at radius 3 is 2.37 bits per heavy atom. The van der Waals surface area contributed by atoms with E-state index >= 15 is 0 Å². The van der Waals surface area contributed by atoms with E-state index in [1.54, 1.807) is 13.1 Å². The molecule has 0 aliphatic carbocycles. The molecule has 1 aromatic carbocycles. The van der Waals surface area contributed by atoms with Crippen molar-refractivity contribution in [2.45, 2.75) is 19.8 Å². The standard InChI is InChI=1S/C14H15F2N3/c1-8(2)14-18-12(7-13(17-3)19-14)9-4-5-10(15)11(16)6-9/h4-8H,1-3H3,(H,17,18,19). The molecule has 0 aliphatic heterocycles. The lowest BCUT2D eigenvalue weighted by atomic mass is 10.1. The van der Waals surface area contributed by atoms with Crippen molar-refractivity contribution >= 4 is 5.82 Å². The molecule has 0 spiro atoms. The van der Waals surface area contributed by atoms with Gasteiger partial charge in [0.15, 0.2) is 11.6 Å². The van der Waals surface area contributed by atoms with Crippen LogP contribution in [0, 0.1) is 11.6 Å². The van der Waals surface area contributed by atoms with Crippen molar-refractivity contribution in [3.8, 4) is 11.3 Å². The molecule has 0 atom stereocenters. The number of halogens is 2. The van der Waals surface area contributed by atoms with Gasteiger partial charge in [0.2, 0.25) is 0 Å². The highest BCUT2D eigenvalue weighted by Gasteiger charge is 2.11. The van der Waals surface area contributed by atoms with Crippen molar-refractivity contribution in [2.75, 3.05) is 12.4 Å². The van der Waals surface area contributed by atoms with E-state index < -0.39 is 11.6 Å². The number of rotatable bonds is 3. The number of aromatic nitrogens is 2. The molecule has 0 unspecified atom stereocenters. The lowest BCUT2D eigenvalue weighted by Crippen LogP contribution is -2.03. The minimum absolute atomic E-state index is 0.150. The van der Waals surface area contributed by atoms with Crippen molar-refractivity contribution in [2.24, 2.45) is 0 Å². The predicted molar refractivity (Wildman–Crippen MR) is 71.0 cm³/mol. The number of nitrogens with one attached hydrogen (secondary N) is 1. The largest absolute Gasteiger partial charge is 0.373 e. The molecular weight excluding hydrogens is 248 g/mol. The molecular formula is C14H15F2N3. The van der Waals surface area contributed by atoms with Crippen LogP contribution in [0.15, 0.2) is 24.3 Å². The van der Waals surface area contributed by atoms with Gasteiger partial charge >= 0.3 is 0 Å². The van der Waals surface area contributed by atoms with Gasteiger partial charge in [0.1, 0.15) is 11.6 Å². The highest BCUT2D eigenvalue weighted by atomic mass is 19.2. The first-order valence-corrected chi connectivity index (χ1v) is 6.03. The third-order valence-corrected chi connectivity index (χ3v) is 2.73.